The molecule has 0 aliphatic rings. The minimum atomic E-state index is -3.39. The second kappa shape index (κ2) is 4.54. The third kappa shape index (κ3) is 4.35. The highest BCUT2D eigenvalue weighted by atomic mass is 32.2. The second-order valence-corrected chi connectivity index (χ2v) is 4.64. The molecule has 0 aromatic carbocycles. The SMILES string of the molecule is Cc1cnc(CNCCS(N)(=O)=O)o1. The summed E-state index contributed by atoms with van der Waals surface area (Å²) >= 11 is 0. The van der Waals surface area contributed by atoms with Crippen molar-refractivity contribution in [1.82, 2.24) is 10.3 Å². The van der Waals surface area contributed by atoms with Gasteiger partial charge in [-0.1, -0.05) is 0 Å². The fraction of sp³-hybridized carbons (Fsp3) is 0.571. The van der Waals surface area contributed by atoms with Crippen LogP contribution < -0.4 is 10.5 Å². The number of sulfonamides is 1. The van der Waals surface area contributed by atoms with Crippen molar-refractivity contribution in [2.75, 3.05) is 12.3 Å². The van der Waals surface area contributed by atoms with Crippen molar-refractivity contribution in [3.05, 3.63) is 17.8 Å². The standard InChI is InChI=1S/C7H13N3O3S/c1-6-4-10-7(13-6)5-9-2-3-14(8,11)12/h4,9H,2-3,5H2,1H3,(H2,8,11,12). The van der Waals surface area contributed by atoms with Gasteiger partial charge in [0.25, 0.3) is 0 Å². The van der Waals surface area contributed by atoms with Crippen LogP contribution in [-0.2, 0) is 16.6 Å². The molecule has 14 heavy (non-hydrogen) atoms. The van der Waals surface area contributed by atoms with Gasteiger partial charge in [0.2, 0.25) is 15.9 Å². The zero-order valence-electron chi connectivity index (χ0n) is 7.86. The Morgan fingerprint density at radius 2 is 2.36 bits per heavy atom. The number of nitrogens with one attached hydrogen (secondary N) is 1. The van der Waals surface area contributed by atoms with Gasteiger partial charge >= 0.3 is 0 Å². The molecule has 0 atom stereocenters. The predicted octanol–water partition coefficient (Wildman–Crippen LogP) is -0.639. The number of primary sulfonamides is 1. The Hall–Kier alpha value is -0.920. The van der Waals surface area contributed by atoms with E-state index in [0.717, 1.165) is 5.76 Å². The highest BCUT2D eigenvalue weighted by molar-refractivity contribution is 7.89. The molecule has 0 saturated carbocycles. The highest BCUT2D eigenvalue weighted by Crippen LogP contribution is 1.99. The van der Waals surface area contributed by atoms with Gasteiger partial charge in [-0.25, -0.2) is 18.5 Å². The van der Waals surface area contributed by atoms with Gasteiger partial charge < -0.3 is 9.73 Å². The molecule has 0 spiro atoms. The Labute approximate surface area is 82.6 Å². The lowest BCUT2D eigenvalue weighted by molar-refractivity contribution is 0.452. The van der Waals surface area contributed by atoms with Crippen LogP contribution in [0.3, 0.4) is 0 Å². The maximum absolute atomic E-state index is 10.5. The van der Waals surface area contributed by atoms with Crippen molar-refractivity contribution >= 4 is 10.0 Å². The molecule has 0 aliphatic heterocycles. The normalized spacial score (nSPS) is 11.9. The van der Waals surface area contributed by atoms with Crippen molar-refractivity contribution in [3.63, 3.8) is 0 Å². The number of rotatable bonds is 5. The first-order valence-electron chi connectivity index (χ1n) is 4.10. The molecule has 0 fully saturated rings. The molecule has 1 aromatic heterocycles. The van der Waals surface area contributed by atoms with E-state index in [-0.39, 0.29) is 5.75 Å². The number of hydrogen-bond acceptors (Lipinski definition) is 5. The lowest BCUT2D eigenvalue weighted by Gasteiger charge is -1.99. The van der Waals surface area contributed by atoms with Gasteiger partial charge in [-0.05, 0) is 6.92 Å². The van der Waals surface area contributed by atoms with Crippen LogP contribution in [0.2, 0.25) is 0 Å². The van der Waals surface area contributed by atoms with Gasteiger partial charge in [0.05, 0.1) is 18.5 Å². The van der Waals surface area contributed by atoms with Crippen LogP contribution in [-0.4, -0.2) is 25.7 Å². The highest BCUT2D eigenvalue weighted by Gasteiger charge is 2.03. The maximum Gasteiger partial charge on any atom is 0.210 e. The summed E-state index contributed by atoms with van der Waals surface area (Å²) in [5.41, 5.74) is 0. The summed E-state index contributed by atoms with van der Waals surface area (Å²) in [6.07, 6.45) is 1.61. The summed E-state index contributed by atoms with van der Waals surface area (Å²) in [5.74, 6) is 1.18. The third-order valence-corrected chi connectivity index (χ3v) is 2.28. The quantitative estimate of drug-likeness (QED) is 0.642. The summed E-state index contributed by atoms with van der Waals surface area (Å²) < 4.78 is 26.3. The molecule has 0 bridgehead atoms. The van der Waals surface area contributed by atoms with Crippen molar-refractivity contribution in [2.24, 2.45) is 5.14 Å². The maximum atomic E-state index is 10.5. The Bertz CT molecular complexity index is 385. The zero-order chi connectivity index (χ0) is 10.6. The zero-order valence-corrected chi connectivity index (χ0v) is 8.67. The number of hydrogen-bond donors (Lipinski definition) is 2. The summed E-state index contributed by atoms with van der Waals surface area (Å²) in [5, 5.41) is 7.67. The van der Waals surface area contributed by atoms with Gasteiger partial charge in [0.1, 0.15) is 5.76 Å². The van der Waals surface area contributed by atoms with E-state index in [2.05, 4.69) is 10.3 Å². The molecule has 6 nitrogen and oxygen atoms in total. The molecular weight excluding hydrogens is 206 g/mol. The molecule has 7 heteroatoms. The van der Waals surface area contributed by atoms with Gasteiger partial charge in [-0.2, -0.15) is 0 Å². The van der Waals surface area contributed by atoms with E-state index in [0.29, 0.717) is 19.0 Å². The van der Waals surface area contributed by atoms with E-state index >= 15 is 0 Å². The van der Waals surface area contributed by atoms with Crippen molar-refractivity contribution in [1.29, 1.82) is 0 Å². The fourth-order valence-corrected chi connectivity index (χ4v) is 1.32. The molecule has 1 rings (SSSR count). The minimum Gasteiger partial charge on any atom is -0.445 e. The average Bonchev–Trinajstić information content (AvgIpc) is 2.44. The molecule has 80 valence electrons. The minimum absolute atomic E-state index is 0.0906. The van der Waals surface area contributed by atoms with Crippen LogP contribution in [0.1, 0.15) is 11.7 Å². The molecule has 0 aliphatic carbocycles. The summed E-state index contributed by atoms with van der Waals surface area (Å²) in [7, 11) is -3.39. The molecule has 3 N–H and O–H groups in total. The fourth-order valence-electron chi connectivity index (χ4n) is 0.893. The number of aryl methyl sites for hydroxylation is 1. The van der Waals surface area contributed by atoms with Crippen LogP contribution >= 0.6 is 0 Å². The monoisotopic (exact) mass is 219 g/mol. The van der Waals surface area contributed by atoms with E-state index in [1.165, 1.54) is 0 Å². The smallest absolute Gasteiger partial charge is 0.210 e. The third-order valence-electron chi connectivity index (χ3n) is 1.51. The van der Waals surface area contributed by atoms with Crippen LogP contribution in [0.5, 0.6) is 0 Å². The first kappa shape index (κ1) is 11.2. The Kier molecular flexibility index (Phi) is 3.62. The second-order valence-electron chi connectivity index (χ2n) is 2.91. The van der Waals surface area contributed by atoms with Crippen molar-refractivity contribution in [2.45, 2.75) is 13.5 Å². The number of nitrogens with zero attached hydrogens (tertiary/aromatic N) is 1. The Morgan fingerprint density at radius 3 is 2.86 bits per heavy atom. The number of oxazole rings is 1. The Balaban J connectivity index is 2.23. The van der Waals surface area contributed by atoms with Crippen molar-refractivity contribution < 1.29 is 12.8 Å². The lowest BCUT2D eigenvalue weighted by atomic mass is 10.6. The van der Waals surface area contributed by atoms with E-state index in [9.17, 15) is 8.42 Å². The first-order valence-corrected chi connectivity index (χ1v) is 5.81. The topological polar surface area (TPSA) is 98.2 Å². The molecule has 0 amide bonds. The molecule has 0 radical (unpaired) electrons. The Morgan fingerprint density at radius 1 is 1.64 bits per heavy atom. The molecular formula is C7H13N3O3S. The largest absolute Gasteiger partial charge is 0.445 e. The molecule has 1 heterocycles. The van der Waals surface area contributed by atoms with Gasteiger partial charge in [-0.15, -0.1) is 0 Å². The predicted molar refractivity (Wildman–Crippen MR) is 50.9 cm³/mol. The van der Waals surface area contributed by atoms with E-state index in [1.54, 1.807) is 13.1 Å². The van der Waals surface area contributed by atoms with Crippen molar-refractivity contribution in [3.8, 4) is 0 Å². The van der Waals surface area contributed by atoms with Crippen LogP contribution in [0.4, 0.5) is 0 Å². The van der Waals surface area contributed by atoms with Crippen LogP contribution in [0.25, 0.3) is 0 Å². The molecule has 1 aromatic rings. The average molecular weight is 219 g/mol. The van der Waals surface area contributed by atoms with Crippen LogP contribution in [0.15, 0.2) is 10.6 Å². The van der Waals surface area contributed by atoms with E-state index in [4.69, 9.17) is 9.56 Å². The van der Waals surface area contributed by atoms with Crippen LogP contribution in [0, 0.1) is 6.92 Å². The van der Waals surface area contributed by atoms with Gasteiger partial charge in [0.15, 0.2) is 0 Å². The summed E-state index contributed by atoms with van der Waals surface area (Å²) in [4.78, 5) is 3.94. The van der Waals surface area contributed by atoms with Gasteiger partial charge in [-0.3, -0.25) is 0 Å². The van der Waals surface area contributed by atoms with E-state index < -0.39 is 10.0 Å². The summed E-state index contributed by atoms with van der Waals surface area (Å²) in [6.45, 7) is 2.49. The lowest BCUT2D eigenvalue weighted by Crippen LogP contribution is -2.26. The molecule has 0 unspecified atom stereocenters. The van der Waals surface area contributed by atoms with Gasteiger partial charge in [0, 0.05) is 6.54 Å². The number of aromatic nitrogens is 1. The first-order chi connectivity index (χ1) is 6.47. The number of nitrogens with two attached hydrogens (primary N) is 1. The summed E-state index contributed by atoms with van der Waals surface area (Å²) in [6, 6.07) is 0. The molecule has 0 saturated heterocycles. The van der Waals surface area contributed by atoms with E-state index in [1.807, 2.05) is 0 Å².